The minimum Gasteiger partial charge on any atom is -0.454 e. The van der Waals surface area contributed by atoms with Gasteiger partial charge in [-0.1, -0.05) is 23.9 Å². The quantitative estimate of drug-likeness (QED) is 0.301. The van der Waals surface area contributed by atoms with E-state index in [-0.39, 0.29) is 29.6 Å². The molecule has 3 rings (SSSR count). The van der Waals surface area contributed by atoms with Gasteiger partial charge in [-0.3, -0.25) is 9.59 Å². The van der Waals surface area contributed by atoms with E-state index < -0.39 is 5.97 Å². The largest absolute Gasteiger partial charge is 0.454 e. The Balaban J connectivity index is 1.62. The number of benzene rings is 1. The Kier molecular flexibility index (Phi) is 7.53. The summed E-state index contributed by atoms with van der Waals surface area (Å²) in [4.78, 5) is 41.8. The summed E-state index contributed by atoms with van der Waals surface area (Å²) < 4.78 is 9.12. The smallest absolute Gasteiger partial charge is 0.340 e. The number of para-hydroxylation sites is 1. The number of nitrogens with zero attached hydrogens (tertiary/aromatic N) is 3. The second kappa shape index (κ2) is 10.3. The predicted molar refractivity (Wildman–Crippen MR) is 123 cm³/mol. The monoisotopic (exact) mass is 454 g/mol. The molecule has 0 bridgehead atoms. The molecule has 0 atom stereocenters. The Hall–Kier alpha value is -3.33. The van der Waals surface area contributed by atoms with Crippen LogP contribution in [-0.2, 0) is 23.1 Å². The first kappa shape index (κ1) is 23.3. The number of imidazole rings is 1. The van der Waals surface area contributed by atoms with E-state index in [9.17, 15) is 14.4 Å². The van der Waals surface area contributed by atoms with Gasteiger partial charge in [-0.25, -0.2) is 9.78 Å². The molecule has 2 heterocycles. The van der Waals surface area contributed by atoms with E-state index in [0.717, 1.165) is 17.9 Å². The van der Waals surface area contributed by atoms with Crippen molar-refractivity contribution in [3.8, 4) is 0 Å². The lowest BCUT2D eigenvalue weighted by Gasteiger charge is -2.11. The van der Waals surface area contributed by atoms with Crippen LogP contribution in [0.3, 0.4) is 0 Å². The number of carbonyl (C=O) groups excluding carboxylic acids is 3. The molecule has 0 unspecified atom stereocenters. The van der Waals surface area contributed by atoms with Crippen molar-refractivity contribution in [1.82, 2.24) is 14.1 Å². The lowest BCUT2D eigenvalue weighted by atomic mass is 10.1. The molecule has 1 amide bonds. The van der Waals surface area contributed by atoms with E-state index in [1.807, 2.05) is 43.0 Å². The van der Waals surface area contributed by atoms with Gasteiger partial charge in [0.1, 0.15) is 0 Å². The fraction of sp³-hybridized carbons (Fsp3) is 0.304. The minimum atomic E-state index is -0.671. The van der Waals surface area contributed by atoms with Crippen molar-refractivity contribution in [1.29, 1.82) is 0 Å². The number of aryl methyl sites for hydroxylation is 2. The molecular weight excluding hydrogens is 428 g/mol. The van der Waals surface area contributed by atoms with Crippen LogP contribution in [0.5, 0.6) is 0 Å². The summed E-state index contributed by atoms with van der Waals surface area (Å²) in [5.41, 5.74) is 2.90. The zero-order chi connectivity index (χ0) is 23.3. The van der Waals surface area contributed by atoms with Gasteiger partial charge in [0.15, 0.2) is 11.8 Å². The number of Topliss-reactive ketones (excluding diaryl/α,β-unsaturated/α-hetero) is 1. The highest BCUT2D eigenvalue weighted by atomic mass is 32.2. The molecule has 3 aromatic rings. The van der Waals surface area contributed by atoms with Crippen LogP contribution < -0.4 is 5.32 Å². The second-order valence-electron chi connectivity index (χ2n) is 7.23. The predicted octanol–water partition coefficient (Wildman–Crippen LogP) is 3.63. The molecule has 0 fully saturated rings. The third-order valence-electron chi connectivity index (χ3n) is 5.06. The van der Waals surface area contributed by atoms with E-state index in [0.29, 0.717) is 16.4 Å². The summed E-state index contributed by atoms with van der Waals surface area (Å²) in [6.45, 7) is 6.21. The molecule has 1 N–H and O–H groups in total. The van der Waals surface area contributed by atoms with Gasteiger partial charge in [0, 0.05) is 42.9 Å². The van der Waals surface area contributed by atoms with Crippen LogP contribution in [-0.4, -0.2) is 44.1 Å². The third kappa shape index (κ3) is 5.28. The van der Waals surface area contributed by atoms with Crippen LogP contribution in [0.15, 0.2) is 47.9 Å². The fourth-order valence-corrected chi connectivity index (χ4v) is 4.17. The SMILES string of the molecule is CCn1c(C)cc(C(=O)COC(=O)c2ccccc2NC(=O)CSc2nccn2C)c1C. The molecule has 0 aliphatic carbocycles. The Morgan fingerprint density at radius 1 is 1.16 bits per heavy atom. The molecule has 0 aliphatic rings. The maximum Gasteiger partial charge on any atom is 0.340 e. The topological polar surface area (TPSA) is 95.2 Å². The zero-order valence-corrected chi connectivity index (χ0v) is 19.4. The molecule has 0 aliphatic heterocycles. The second-order valence-corrected chi connectivity index (χ2v) is 8.17. The fourth-order valence-electron chi connectivity index (χ4n) is 3.43. The molecule has 0 saturated heterocycles. The Morgan fingerprint density at radius 3 is 2.56 bits per heavy atom. The summed E-state index contributed by atoms with van der Waals surface area (Å²) >= 11 is 1.29. The molecule has 0 spiro atoms. The van der Waals surface area contributed by atoms with Crippen molar-refractivity contribution in [2.45, 2.75) is 32.5 Å². The van der Waals surface area contributed by atoms with Crippen molar-refractivity contribution in [3.63, 3.8) is 0 Å². The highest BCUT2D eigenvalue weighted by molar-refractivity contribution is 7.99. The molecule has 8 nitrogen and oxygen atoms in total. The molecule has 32 heavy (non-hydrogen) atoms. The van der Waals surface area contributed by atoms with Gasteiger partial charge < -0.3 is 19.2 Å². The number of esters is 1. The molecule has 1 aromatic carbocycles. The third-order valence-corrected chi connectivity index (χ3v) is 6.11. The number of ether oxygens (including phenoxy) is 1. The van der Waals surface area contributed by atoms with E-state index >= 15 is 0 Å². The molecule has 9 heteroatoms. The zero-order valence-electron chi connectivity index (χ0n) is 18.5. The molecule has 0 radical (unpaired) electrons. The summed E-state index contributed by atoms with van der Waals surface area (Å²) in [5, 5.41) is 3.45. The molecule has 2 aromatic heterocycles. The number of aromatic nitrogens is 3. The van der Waals surface area contributed by atoms with E-state index in [1.54, 1.807) is 36.7 Å². The van der Waals surface area contributed by atoms with Crippen molar-refractivity contribution >= 4 is 35.1 Å². The van der Waals surface area contributed by atoms with Crippen LogP contribution in [0.25, 0.3) is 0 Å². The highest BCUT2D eigenvalue weighted by Crippen LogP contribution is 2.20. The Morgan fingerprint density at radius 2 is 1.91 bits per heavy atom. The van der Waals surface area contributed by atoms with Crippen LogP contribution >= 0.6 is 11.8 Å². The number of amides is 1. The maximum absolute atomic E-state index is 12.6. The first-order valence-corrected chi connectivity index (χ1v) is 11.2. The number of anilines is 1. The first-order chi connectivity index (χ1) is 15.3. The molecule has 168 valence electrons. The van der Waals surface area contributed by atoms with Gasteiger partial charge in [-0.05, 0) is 39.0 Å². The van der Waals surface area contributed by atoms with Crippen LogP contribution in [0.1, 0.15) is 39.0 Å². The van der Waals surface area contributed by atoms with E-state index in [4.69, 9.17) is 4.74 Å². The lowest BCUT2D eigenvalue weighted by Crippen LogP contribution is -2.19. The highest BCUT2D eigenvalue weighted by Gasteiger charge is 2.19. The Bertz CT molecular complexity index is 1150. The lowest BCUT2D eigenvalue weighted by molar-refractivity contribution is -0.113. The number of rotatable bonds is 9. The Labute approximate surface area is 191 Å². The van der Waals surface area contributed by atoms with Gasteiger partial charge in [0.05, 0.1) is 17.0 Å². The summed E-state index contributed by atoms with van der Waals surface area (Å²) in [6, 6.07) is 8.37. The van der Waals surface area contributed by atoms with Crippen molar-refractivity contribution in [2.24, 2.45) is 7.05 Å². The number of ketones is 1. The van der Waals surface area contributed by atoms with Gasteiger partial charge in [0.2, 0.25) is 11.7 Å². The minimum absolute atomic E-state index is 0.139. The van der Waals surface area contributed by atoms with E-state index in [2.05, 4.69) is 10.3 Å². The average Bonchev–Trinajstić information content (AvgIpc) is 3.32. The number of hydrogen-bond acceptors (Lipinski definition) is 6. The van der Waals surface area contributed by atoms with Crippen LogP contribution in [0.4, 0.5) is 5.69 Å². The van der Waals surface area contributed by atoms with Crippen LogP contribution in [0, 0.1) is 13.8 Å². The number of carbonyl (C=O) groups is 3. The number of hydrogen-bond donors (Lipinski definition) is 1. The van der Waals surface area contributed by atoms with Crippen molar-refractivity contribution in [3.05, 3.63) is 65.2 Å². The summed E-state index contributed by atoms with van der Waals surface area (Å²) in [5.74, 6) is -1.07. The average molecular weight is 455 g/mol. The summed E-state index contributed by atoms with van der Waals surface area (Å²) in [7, 11) is 1.85. The van der Waals surface area contributed by atoms with Crippen LogP contribution in [0.2, 0.25) is 0 Å². The number of nitrogens with one attached hydrogen (secondary N) is 1. The van der Waals surface area contributed by atoms with Gasteiger partial charge in [0.25, 0.3) is 0 Å². The van der Waals surface area contributed by atoms with Gasteiger partial charge in [-0.15, -0.1) is 0 Å². The number of thioether (sulfide) groups is 1. The normalized spacial score (nSPS) is 10.8. The van der Waals surface area contributed by atoms with Crippen molar-refractivity contribution < 1.29 is 19.1 Å². The van der Waals surface area contributed by atoms with Gasteiger partial charge in [-0.2, -0.15) is 0 Å². The summed E-state index contributed by atoms with van der Waals surface area (Å²) in [6.07, 6.45) is 3.46. The molecular formula is C23H26N4O4S. The molecule has 0 saturated carbocycles. The maximum atomic E-state index is 12.6. The van der Waals surface area contributed by atoms with E-state index in [1.165, 1.54) is 11.8 Å². The van der Waals surface area contributed by atoms with Crippen molar-refractivity contribution in [2.75, 3.05) is 17.7 Å². The standard InChI is InChI=1S/C23H26N4O4S/c1-5-27-15(2)12-18(16(27)3)20(28)13-31-22(30)17-8-6-7-9-19(17)25-21(29)14-32-23-24-10-11-26(23)4/h6-12H,5,13-14H2,1-4H3,(H,25,29). The first-order valence-electron chi connectivity index (χ1n) is 10.2. The van der Waals surface area contributed by atoms with Gasteiger partial charge >= 0.3 is 5.97 Å².